The number of phenols is 1. The van der Waals surface area contributed by atoms with Crippen LogP contribution in [0.15, 0.2) is 4.99 Å². The van der Waals surface area contributed by atoms with Crippen LogP contribution in [0.2, 0.25) is 0 Å². The van der Waals surface area contributed by atoms with E-state index in [0.717, 1.165) is 22.3 Å². The van der Waals surface area contributed by atoms with Gasteiger partial charge in [0.05, 0.1) is 0 Å². The topological polar surface area (TPSA) is 88.1 Å². The molecule has 1 amide bonds. The summed E-state index contributed by atoms with van der Waals surface area (Å²) in [6.45, 7) is 7.34. The molecule has 1 heterocycles. The van der Waals surface area contributed by atoms with Gasteiger partial charge in [0.15, 0.2) is 11.6 Å². The summed E-state index contributed by atoms with van der Waals surface area (Å²) in [4.78, 5) is 18.0. The lowest BCUT2D eigenvalue weighted by atomic mass is 9.87. The number of carbonyl (C=O) groups is 1. The van der Waals surface area contributed by atoms with E-state index in [1.165, 1.54) is 0 Å². The first-order chi connectivity index (χ1) is 10.6. The average Bonchev–Trinajstić information content (AvgIpc) is 2.50. The Hall–Kier alpha value is -2.24. The molecule has 1 aliphatic rings. The van der Waals surface area contributed by atoms with Gasteiger partial charge in [0, 0.05) is 26.1 Å². The second-order valence-corrected chi connectivity index (χ2v) is 6.53. The van der Waals surface area contributed by atoms with E-state index in [0.29, 0.717) is 24.3 Å². The zero-order valence-electron chi connectivity index (χ0n) is 14.6. The summed E-state index contributed by atoms with van der Waals surface area (Å²) >= 11 is 0. The van der Waals surface area contributed by atoms with E-state index in [4.69, 9.17) is 10.5 Å². The molecule has 0 aromatic heterocycles. The molecule has 0 bridgehead atoms. The minimum atomic E-state index is -1.05. The zero-order valence-corrected chi connectivity index (χ0v) is 14.6. The number of aliphatic imine (C=N–C) groups is 1. The standard InChI is InChI=1S/C17H25N3O3/c1-9-10(2)14-12(11(3)13(9)21)7-8-17(4,23-14)15(22)19-16(18)20(5)6/h21H,7-8H2,1-6H3,(H2,18,19,22). The number of guanidine groups is 1. The highest BCUT2D eigenvalue weighted by Gasteiger charge is 2.41. The number of nitrogens with zero attached hydrogens (tertiary/aromatic N) is 2. The third-order valence-corrected chi connectivity index (χ3v) is 4.65. The van der Waals surface area contributed by atoms with Gasteiger partial charge in [-0.1, -0.05) is 0 Å². The van der Waals surface area contributed by atoms with Crippen molar-refractivity contribution in [2.24, 2.45) is 10.7 Å². The first-order valence-electron chi connectivity index (χ1n) is 7.65. The van der Waals surface area contributed by atoms with Gasteiger partial charge in [0.2, 0.25) is 0 Å². The highest BCUT2D eigenvalue weighted by atomic mass is 16.5. The number of rotatable bonds is 1. The fraction of sp³-hybridized carbons (Fsp3) is 0.529. The molecule has 1 atom stereocenters. The summed E-state index contributed by atoms with van der Waals surface area (Å²) in [5.41, 5.74) is 8.09. The summed E-state index contributed by atoms with van der Waals surface area (Å²) in [5.74, 6) is 0.741. The van der Waals surface area contributed by atoms with Crippen molar-refractivity contribution in [1.29, 1.82) is 0 Å². The predicted molar refractivity (Wildman–Crippen MR) is 90.0 cm³/mol. The smallest absolute Gasteiger partial charge is 0.292 e. The molecular weight excluding hydrogens is 294 g/mol. The molecular formula is C17H25N3O3. The van der Waals surface area contributed by atoms with Gasteiger partial charge < -0.3 is 20.5 Å². The third kappa shape index (κ3) is 2.85. The van der Waals surface area contributed by atoms with E-state index in [1.54, 1.807) is 25.9 Å². The van der Waals surface area contributed by atoms with Gasteiger partial charge in [0.1, 0.15) is 11.5 Å². The summed E-state index contributed by atoms with van der Waals surface area (Å²) < 4.78 is 6.07. The molecule has 1 aromatic carbocycles. The predicted octanol–water partition coefficient (Wildman–Crippen LogP) is 1.80. The van der Waals surface area contributed by atoms with Gasteiger partial charge in [-0.25, -0.2) is 0 Å². The van der Waals surface area contributed by atoms with Crippen LogP contribution in [0, 0.1) is 20.8 Å². The third-order valence-electron chi connectivity index (χ3n) is 4.65. The number of phenolic OH excluding ortho intramolecular Hbond substituents is 1. The van der Waals surface area contributed by atoms with Crippen LogP contribution >= 0.6 is 0 Å². The van der Waals surface area contributed by atoms with E-state index >= 15 is 0 Å². The van der Waals surface area contributed by atoms with Crippen molar-refractivity contribution in [3.05, 3.63) is 22.3 Å². The maximum absolute atomic E-state index is 12.5. The molecule has 6 heteroatoms. The minimum absolute atomic E-state index is 0.153. The van der Waals surface area contributed by atoms with Gasteiger partial charge in [-0.2, -0.15) is 4.99 Å². The Balaban J connectivity index is 2.44. The lowest BCUT2D eigenvalue weighted by Crippen LogP contribution is -2.45. The highest BCUT2D eigenvalue weighted by Crippen LogP contribution is 2.43. The van der Waals surface area contributed by atoms with Gasteiger partial charge in [-0.05, 0) is 50.8 Å². The fourth-order valence-corrected chi connectivity index (χ4v) is 2.72. The zero-order chi connectivity index (χ0) is 17.5. The molecule has 23 heavy (non-hydrogen) atoms. The maximum atomic E-state index is 12.5. The number of fused-ring (bicyclic) bond motifs is 1. The largest absolute Gasteiger partial charge is 0.507 e. The van der Waals surface area contributed by atoms with Crippen LogP contribution < -0.4 is 10.5 Å². The van der Waals surface area contributed by atoms with E-state index in [2.05, 4.69) is 4.99 Å². The Morgan fingerprint density at radius 1 is 1.26 bits per heavy atom. The van der Waals surface area contributed by atoms with E-state index in [9.17, 15) is 9.90 Å². The Morgan fingerprint density at radius 2 is 1.87 bits per heavy atom. The molecule has 0 aliphatic carbocycles. The number of benzene rings is 1. The first kappa shape index (κ1) is 17.1. The molecule has 1 aromatic rings. The van der Waals surface area contributed by atoms with E-state index in [1.807, 2.05) is 20.8 Å². The quantitative estimate of drug-likeness (QED) is 0.609. The molecule has 6 nitrogen and oxygen atoms in total. The lowest BCUT2D eigenvalue weighted by Gasteiger charge is -2.35. The molecule has 0 radical (unpaired) electrons. The molecule has 0 spiro atoms. The Morgan fingerprint density at radius 3 is 2.43 bits per heavy atom. The highest BCUT2D eigenvalue weighted by molar-refractivity contribution is 5.96. The van der Waals surface area contributed by atoms with Crippen molar-refractivity contribution in [3.8, 4) is 11.5 Å². The van der Waals surface area contributed by atoms with Crippen molar-refractivity contribution >= 4 is 11.9 Å². The molecule has 1 unspecified atom stereocenters. The molecule has 0 fully saturated rings. The summed E-state index contributed by atoms with van der Waals surface area (Å²) in [7, 11) is 3.45. The first-order valence-corrected chi connectivity index (χ1v) is 7.65. The van der Waals surface area contributed by atoms with Crippen molar-refractivity contribution < 1.29 is 14.6 Å². The number of carbonyl (C=O) groups excluding carboxylic acids is 1. The van der Waals surface area contributed by atoms with Gasteiger partial charge in [-0.15, -0.1) is 0 Å². The van der Waals surface area contributed by atoms with Gasteiger partial charge in [0.25, 0.3) is 5.91 Å². The van der Waals surface area contributed by atoms with E-state index < -0.39 is 11.5 Å². The van der Waals surface area contributed by atoms with Gasteiger partial charge >= 0.3 is 0 Å². The van der Waals surface area contributed by atoms with Crippen LogP contribution in [0.5, 0.6) is 11.5 Å². The Bertz CT molecular complexity index is 695. The lowest BCUT2D eigenvalue weighted by molar-refractivity contribution is -0.133. The van der Waals surface area contributed by atoms with Crippen molar-refractivity contribution in [1.82, 2.24) is 4.90 Å². The van der Waals surface area contributed by atoms with Gasteiger partial charge in [-0.3, -0.25) is 4.79 Å². The normalized spacial score (nSPS) is 20.7. The molecule has 126 valence electrons. The number of hydrogen-bond acceptors (Lipinski definition) is 3. The van der Waals surface area contributed by atoms with Crippen LogP contribution in [-0.4, -0.2) is 41.6 Å². The number of aromatic hydroxyl groups is 1. The average molecular weight is 319 g/mol. The van der Waals surface area contributed by atoms with Crippen LogP contribution in [0.3, 0.4) is 0 Å². The molecule has 0 saturated heterocycles. The molecule has 0 saturated carbocycles. The SMILES string of the molecule is Cc1c(C)c2c(c(C)c1O)CCC(C)(C(=O)N=C(N)N(C)C)O2. The van der Waals surface area contributed by atoms with Crippen LogP contribution in [0.1, 0.15) is 35.6 Å². The second-order valence-electron chi connectivity index (χ2n) is 6.53. The Kier molecular flexibility index (Phi) is 4.28. The van der Waals surface area contributed by atoms with E-state index in [-0.39, 0.29) is 5.96 Å². The maximum Gasteiger partial charge on any atom is 0.292 e. The van der Waals surface area contributed by atoms with Crippen molar-refractivity contribution in [2.75, 3.05) is 14.1 Å². The van der Waals surface area contributed by atoms with Crippen LogP contribution in [-0.2, 0) is 11.2 Å². The number of hydrogen-bond donors (Lipinski definition) is 2. The van der Waals surface area contributed by atoms with Crippen molar-refractivity contribution in [2.45, 2.75) is 46.1 Å². The number of nitrogens with two attached hydrogens (primary N) is 1. The molecule has 1 aliphatic heterocycles. The number of amides is 1. The van der Waals surface area contributed by atoms with Crippen molar-refractivity contribution in [3.63, 3.8) is 0 Å². The molecule has 3 N–H and O–H groups in total. The minimum Gasteiger partial charge on any atom is -0.507 e. The second kappa shape index (κ2) is 5.76. The molecule has 2 rings (SSSR count). The monoisotopic (exact) mass is 319 g/mol. The van der Waals surface area contributed by atoms with Crippen LogP contribution in [0.25, 0.3) is 0 Å². The summed E-state index contributed by atoms with van der Waals surface area (Å²) in [6, 6.07) is 0. The summed E-state index contributed by atoms with van der Waals surface area (Å²) in [6.07, 6.45) is 1.14. The summed E-state index contributed by atoms with van der Waals surface area (Å²) in [5, 5.41) is 10.2. The van der Waals surface area contributed by atoms with Crippen LogP contribution in [0.4, 0.5) is 0 Å². The fourth-order valence-electron chi connectivity index (χ4n) is 2.72. The Labute approximate surface area is 137 Å². The number of ether oxygens (including phenoxy) is 1.